The molecule has 0 spiro atoms. The lowest BCUT2D eigenvalue weighted by Gasteiger charge is -2.06. The van der Waals surface area contributed by atoms with E-state index in [0.717, 1.165) is 11.1 Å². The van der Waals surface area contributed by atoms with Gasteiger partial charge in [-0.25, -0.2) is 0 Å². The summed E-state index contributed by atoms with van der Waals surface area (Å²) in [6, 6.07) is 17.2. The van der Waals surface area contributed by atoms with E-state index in [0.29, 0.717) is 18.5 Å². The van der Waals surface area contributed by atoms with Crippen molar-refractivity contribution in [3.05, 3.63) is 70.8 Å². The van der Waals surface area contributed by atoms with Crippen LogP contribution in [0.3, 0.4) is 0 Å². The third-order valence-corrected chi connectivity index (χ3v) is 3.06. The lowest BCUT2D eigenvalue weighted by molar-refractivity contribution is -0.120. The summed E-state index contributed by atoms with van der Waals surface area (Å²) in [7, 11) is 0. The van der Waals surface area contributed by atoms with Gasteiger partial charge in [-0.15, -0.1) is 0 Å². The molecule has 0 saturated heterocycles. The maximum atomic E-state index is 11.8. The molecule has 1 N–H and O–H groups in total. The van der Waals surface area contributed by atoms with Gasteiger partial charge in [0, 0.05) is 6.54 Å². The van der Waals surface area contributed by atoms with Gasteiger partial charge in [-0.3, -0.25) is 4.79 Å². The number of hydrogen-bond donors (Lipinski definition) is 1. The molecule has 0 fully saturated rings. The summed E-state index contributed by atoms with van der Waals surface area (Å²) < 4.78 is 0. The van der Waals surface area contributed by atoms with Gasteiger partial charge in [-0.05, 0) is 30.2 Å². The number of rotatable bonds is 4. The van der Waals surface area contributed by atoms with Crippen LogP contribution in [0.4, 0.5) is 0 Å². The van der Waals surface area contributed by atoms with Gasteiger partial charge in [0.25, 0.3) is 0 Å². The summed E-state index contributed by atoms with van der Waals surface area (Å²) in [5.41, 5.74) is 3.81. The first kappa shape index (κ1) is 13.8. The molecule has 100 valence electrons. The molecule has 0 atom stereocenters. The fraction of sp³-hybridized carbons (Fsp3) is 0.176. The normalized spacial score (nSPS) is 9.80. The third-order valence-electron chi connectivity index (χ3n) is 3.06. The van der Waals surface area contributed by atoms with E-state index >= 15 is 0 Å². The van der Waals surface area contributed by atoms with Crippen LogP contribution in [0.1, 0.15) is 22.3 Å². The van der Waals surface area contributed by atoms with Crippen molar-refractivity contribution in [2.24, 2.45) is 0 Å². The monoisotopic (exact) mass is 264 g/mol. The molecule has 0 radical (unpaired) electrons. The molecule has 3 nitrogen and oxygen atoms in total. The number of aryl methyl sites for hydroxylation is 1. The zero-order valence-electron chi connectivity index (χ0n) is 11.4. The van der Waals surface area contributed by atoms with Gasteiger partial charge in [0.15, 0.2) is 0 Å². The largest absolute Gasteiger partial charge is 0.352 e. The van der Waals surface area contributed by atoms with Crippen molar-refractivity contribution in [1.82, 2.24) is 5.32 Å². The third kappa shape index (κ3) is 3.96. The number of carbonyl (C=O) groups is 1. The van der Waals surface area contributed by atoms with Crippen LogP contribution in [0, 0.1) is 18.3 Å². The Morgan fingerprint density at radius 2 is 1.65 bits per heavy atom. The number of hydrogen-bond acceptors (Lipinski definition) is 2. The average Bonchev–Trinajstić information content (AvgIpc) is 2.48. The minimum absolute atomic E-state index is 0.00165. The number of nitrogens with zero attached hydrogens (tertiary/aromatic N) is 1. The molecular weight excluding hydrogens is 248 g/mol. The molecule has 3 heteroatoms. The van der Waals surface area contributed by atoms with Crippen LogP contribution >= 0.6 is 0 Å². The Bertz CT molecular complexity index is 622. The topological polar surface area (TPSA) is 52.9 Å². The molecule has 0 aliphatic carbocycles. The minimum Gasteiger partial charge on any atom is -0.352 e. The van der Waals surface area contributed by atoms with E-state index in [4.69, 9.17) is 5.26 Å². The molecule has 1 amide bonds. The highest BCUT2D eigenvalue weighted by Gasteiger charge is 2.03. The lowest BCUT2D eigenvalue weighted by atomic mass is 10.1. The first-order valence-electron chi connectivity index (χ1n) is 6.48. The van der Waals surface area contributed by atoms with Crippen LogP contribution in [0.15, 0.2) is 48.5 Å². The SMILES string of the molecule is Cc1ccc(CC(=O)NCc2ccc(C#N)cc2)cc1. The lowest BCUT2D eigenvalue weighted by Crippen LogP contribution is -2.24. The van der Waals surface area contributed by atoms with Crippen LogP contribution in [0.25, 0.3) is 0 Å². The number of benzene rings is 2. The Labute approximate surface area is 118 Å². The number of carbonyl (C=O) groups excluding carboxylic acids is 1. The van der Waals surface area contributed by atoms with E-state index in [2.05, 4.69) is 11.4 Å². The Morgan fingerprint density at radius 1 is 1.05 bits per heavy atom. The van der Waals surface area contributed by atoms with Crippen molar-refractivity contribution in [3.63, 3.8) is 0 Å². The fourth-order valence-corrected chi connectivity index (χ4v) is 1.85. The van der Waals surface area contributed by atoms with Gasteiger partial charge in [0.05, 0.1) is 18.1 Å². The van der Waals surface area contributed by atoms with Gasteiger partial charge in [-0.2, -0.15) is 5.26 Å². The second-order valence-electron chi connectivity index (χ2n) is 4.75. The van der Waals surface area contributed by atoms with E-state index in [9.17, 15) is 4.79 Å². The van der Waals surface area contributed by atoms with E-state index in [-0.39, 0.29) is 5.91 Å². The van der Waals surface area contributed by atoms with Crippen molar-refractivity contribution in [2.75, 3.05) is 0 Å². The molecule has 0 heterocycles. The average molecular weight is 264 g/mol. The number of amides is 1. The Balaban J connectivity index is 1.85. The first-order valence-corrected chi connectivity index (χ1v) is 6.48. The van der Waals surface area contributed by atoms with Crippen molar-refractivity contribution >= 4 is 5.91 Å². The zero-order valence-corrected chi connectivity index (χ0v) is 11.4. The summed E-state index contributed by atoms with van der Waals surface area (Å²) in [5.74, 6) is -0.00165. The highest BCUT2D eigenvalue weighted by molar-refractivity contribution is 5.78. The molecule has 0 bridgehead atoms. The second kappa shape index (κ2) is 6.53. The first-order chi connectivity index (χ1) is 9.67. The molecule has 2 aromatic carbocycles. The van der Waals surface area contributed by atoms with Gasteiger partial charge in [-0.1, -0.05) is 42.0 Å². The van der Waals surface area contributed by atoms with E-state index < -0.39 is 0 Å². The minimum atomic E-state index is -0.00165. The van der Waals surface area contributed by atoms with Crippen molar-refractivity contribution in [3.8, 4) is 6.07 Å². The Hall–Kier alpha value is -2.60. The maximum absolute atomic E-state index is 11.8. The molecule has 0 aliphatic heterocycles. The van der Waals surface area contributed by atoms with E-state index in [1.807, 2.05) is 43.3 Å². The van der Waals surface area contributed by atoms with E-state index in [1.165, 1.54) is 5.56 Å². The highest BCUT2D eigenvalue weighted by atomic mass is 16.1. The predicted molar refractivity (Wildman–Crippen MR) is 77.9 cm³/mol. The number of nitriles is 1. The van der Waals surface area contributed by atoms with E-state index in [1.54, 1.807) is 12.1 Å². The molecule has 0 unspecified atom stereocenters. The van der Waals surface area contributed by atoms with Crippen LogP contribution < -0.4 is 5.32 Å². The van der Waals surface area contributed by atoms with Crippen molar-refractivity contribution < 1.29 is 4.79 Å². The summed E-state index contributed by atoms with van der Waals surface area (Å²) >= 11 is 0. The van der Waals surface area contributed by atoms with Crippen LogP contribution in [0.2, 0.25) is 0 Å². The standard InChI is InChI=1S/C17H16N2O/c1-13-2-4-14(5-3-13)10-17(20)19-12-16-8-6-15(11-18)7-9-16/h2-9H,10,12H2,1H3,(H,19,20). The summed E-state index contributed by atoms with van der Waals surface area (Å²) in [5, 5.41) is 11.6. The Morgan fingerprint density at radius 3 is 2.25 bits per heavy atom. The zero-order chi connectivity index (χ0) is 14.4. The van der Waals surface area contributed by atoms with Gasteiger partial charge in [0.2, 0.25) is 5.91 Å². The molecule has 0 aliphatic rings. The summed E-state index contributed by atoms with van der Waals surface area (Å²) in [4.78, 5) is 11.8. The van der Waals surface area contributed by atoms with Gasteiger partial charge >= 0.3 is 0 Å². The van der Waals surface area contributed by atoms with Gasteiger partial charge < -0.3 is 5.32 Å². The summed E-state index contributed by atoms with van der Waals surface area (Å²) in [6.07, 6.45) is 0.385. The van der Waals surface area contributed by atoms with Crippen LogP contribution in [-0.4, -0.2) is 5.91 Å². The van der Waals surface area contributed by atoms with Crippen molar-refractivity contribution in [1.29, 1.82) is 5.26 Å². The molecule has 0 saturated carbocycles. The van der Waals surface area contributed by atoms with Crippen LogP contribution in [0.5, 0.6) is 0 Å². The van der Waals surface area contributed by atoms with Gasteiger partial charge in [0.1, 0.15) is 0 Å². The smallest absolute Gasteiger partial charge is 0.224 e. The maximum Gasteiger partial charge on any atom is 0.224 e. The molecular formula is C17H16N2O. The highest BCUT2D eigenvalue weighted by Crippen LogP contribution is 2.05. The Kier molecular flexibility index (Phi) is 4.52. The summed E-state index contributed by atoms with van der Waals surface area (Å²) in [6.45, 7) is 2.51. The molecule has 20 heavy (non-hydrogen) atoms. The predicted octanol–water partition coefficient (Wildman–Crippen LogP) is 2.73. The van der Waals surface area contributed by atoms with Crippen molar-refractivity contribution in [2.45, 2.75) is 19.9 Å². The second-order valence-corrected chi connectivity index (χ2v) is 4.75. The molecule has 2 aromatic rings. The quantitative estimate of drug-likeness (QED) is 0.923. The van der Waals surface area contributed by atoms with Crippen LogP contribution in [-0.2, 0) is 17.8 Å². The fourth-order valence-electron chi connectivity index (χ4n) is 1.85. The molecule has 0 aromatic heterocycles. The molecule has 2 rings (SSSR count). The number of nitrogens with one attached hydrogen (secondary N) is 1.